The number of aryl methyl sites for hydroxylation is 1. The molecular weight excluding hydrogens is 424 g/mol. The summed E-state index contributed by atoms with van der Waals surface area (Å²) in [5.41, 5.74) is 2.88. The number of nitrogens with zero attached hydrogens (tertiary/aromatic N) is 1. The number of hydrogen-bond donors (Lipinski definition) is 2. The maximum absolute atomic E-state index is 12.2. The Labute approximate surface area is 195 Å². The summed E-state index contributed by atoms with van der Waals surface area (Å²) in [5.74, 6) is 1.16. The predicted molar refractivity (Wildman–Crippen MR) is 133 cm³/mol. The summed E-state index contributed by atoms with van der Waals surface area (Å²) in [6.45, 7) is 12.6. The summed E-state index contributed by atoms with van der Waals surface area (Å²) in [6.07, 6.45) is 1.74. The highest BCUT2D eigenvalue weighted by molar-refractivity contribution is 7.99. The molecule has 0 atom stereocenters. The normalized spacial score (nSPS) is 11.9. The topological polar surface area (TPSA) is 92.5 Å². The van der Waals surface area contributed by atoms with E-state index in [1.165, 1.54) is 29.5 Å². The first-order chi connectivity index (χ1) is 14.8. The van der Waals surface area contributed by atoms with Crippen molar-refractivity contribution in [2.75, 3.05) is 16.8 Å². The Hall–Kier alpha value is -2.54. The molecule has 0 saturated carbocycles. The van der Waals surface area contributed by atoms with Gasteiger partial charge in [0.25, 0.3) is 5.69 Å². The fraction of sp³-hybridized carbons (Fsp3) is 0.480. The van der Waals surface area contributed by atoms with Gasteiger partial charge in [0, 0.05) is 6.07 Å². The van der Waals surface area contributed by atoms with E-state index < -0.39 is 4.92 Å². The number of anilines is 1. The fourth-order valence-corrected chi connectivity index (χ4v) is 4.20. The fourth-order valence-electron chi connectivity index (χ4n) is 3.45. The molecule has 0 spiro atoms. The van der Waals surface area contributed by atoms with E-state index in [9.17, 15) is 20.0 Å². The Morgan fingerprint density at radius 2 is 1.62 bits per heavy atom. The van der Waals surface area contributed by atoms with Crippen molar-refractivity contribution in [3.05, 3.63) is 63.2 Å². The third-order valence-electron chi connectivity index (χ3n) is 5.15. The zero-order valence-electron chi connectivity index (χ0n) is 19.8. The van der Waals surface area contributed by atoms with Crippen LogP contribution < -0.4 is 5.32 Å². The van der Waals surface area contributed by atoms with Crippen LogP contribution in [0.2, 0.25) is 0 Å². The van der Waals surface area contributed by atoms with Gasteiger partial charge in [-0.3, -0.25) is 14.9 Å². The van der Waals surface area contributed by atoms with Crippen LogP contribution in [0, 0.1) is 10.1 Å². The van der Waals surface area contributed by atoms with Crippen molar-refractivity contribution < 1.29 is 14.8 Å². The van der Waals surface area contributed by atoms with E-state index >= 15 is 0 Å². The van der Waals surface area contributed by atoms with Crippen LogP contribution in [0.25, 0.3) is 0 Å². The molecule has 2 aromatic carbocycles. The molecule has 0 bridgehead atoms. The molecule has 174 valence electrons. The number of rotatable bonds is 8. The van der Waals surface area contributed by atoms with E-state index in [-0.39, 0.29) is 33.9 Å². The van der Waals surface area contributed by atoms with Gasteiger partial charge in [-0.25, -0.2) is 0 Å². The number of phenols is 1. The van der Waals surface area contributed by atoms with E-state index in [2.05, 4.69) is 59.0 Å². The van der Waals surface area contributed by atoms with Gasteiger partial charge in [-0.2, -0.15) is 11.8 Å². The first kappa shape index (κ1) is 25.7. The van der Waals surface area contributed by atoms with E-state index in [0.717, 1.165) is 29.7 Å². The number of hydrogen-bond acceptors (Lipinski definition) is 5. The van der Waals surface area contributed by atoms with Crippen LogP contribution in [0.4, 0.5) is 11.4 Å². The predicted octanol–water partition coefficient (Wildman–Crippen LogP) is 6.20. The summed E-state index contributed by atoms with van der Waals surface area (Å²) in [4.78, 5) is 22.7. The lowest BCUT2D eigenvalue weighted by Crippen LogP contribution is -2.18. The number of aromatic hydroxyl groups is 1. The maximum atomic E-state index is 12.2. The Morgan fingerprint density at radius 1 is 1.06 bits per heavy atom. The van der Waals surface area contributed by atoms with Crippen molar-refractivity contribution in [3.8, 4) is 5.75 Å². The molecule has 2 aromatic rings. The SMILES string of the molecule is CC(C)(C)c1cc(CCCSCC(=O)Nc2ccccc2[N+](=O)[O-])cc(C(C)(C)C)c1O. The number of para-hydroxylation sites is 2. The molecule has 6 nitrogen and oxygen atoms in total. The van der Waals surface area contributed by atoms with Gasteiger partial charge >= 0.3 is 0 Å². The van der Waals surface area contributed by atoms with Crippen molar-refractivity contribution in [2.24, 2.45) is 0 Å². The molecule has 0 heterocycles. The zero-order chi connectivity index (χ0) is 24.1. The van der Waals surface area contributed by atoms with Crippen LogP contribution in [0.15, 0.2) is 36.4 Å². The second kappa shape index (κ2) is 10.4. The monoisotopic (exact) mass is 458 g/mol. The van der Waals surface area contributed by atoms with Gasteiger partial charge in [0.05, 0.1) is 10.7 Å². The molecular formula is C25H34N2O4S. The van der Waals surface area contributed by atoms with Gasteiger partial charge in [0.2, 0.25) is 5.91 Å². The van der Waals surface area contributed by atoms with Crippen molar-refractivity contribution in [1.29, 1.82) is 0 Å². The average Bonchev–Trinajstić information content (AvgIpc) is 2.67. The van der Waals surface area contributed by atoms with E-state index in [4.69, 9.17) is 0 Å². The molecule has 32 heavy (non-hydrogen) atoms. The number of carbonyl (C=O) groups excluding carboxylic acids is 1. The Balaban J connectivity index is 1.94. The minimum absolute atomic E-state index is 0.109. The van der Waals surface area contributed by atoms with Crippen molar-refractivity contribution in [2.45, 2.75) is 65.2 Å². The number of nitro benzene ring substituents is 1. The lowest BCUT2D eigenvalue weighted by molar-refractivity contribution is -0.383. The van der Waals surface area contributed by atoms with Crippen LogP contribution in [0.5, 0.6) is 5.75 Å². The highest BCUT2D eigenvalue weighted by atomic mass is 32.2. The van der Waals surface area contributed by atoms with E-state index in [1.54, 1.807) is 12.1 Å². The summed E-state index contributed by atoms with van der Waals surface area (Å²) >= 11 is 1.51. The Kier molecular flexibility index (Phi) is 8.35. The molecule has 0 aliphatic rings. The molecule has 0 saturated heterocycles. The van der Waals surface area contributed by atoms with Crippen LogP contribution >= 0.6 is 11.8 Å². The molecule has 2 rings (SSSR count). The van der Waals surface area contributed by atoms with Gasteiger partial charge in [-0.1, -0.05) is 65.8 Å². The zero-order valence-corrected chi connectivity index (χ0v) is 20.6. The maximum Gasteiger partial charge on any atom is 0.292 e. The lowest BCUT2D eigenvalue weighted by Gasteiger charge is -2.28. The minimum Gasteiger partial charge on any atom is -0.507 e. The molecule has 0 fully saturated rings. The third-order valence-corrected chi connectivity index (χ3v) is 6.19. The van der Waals surface area contributed by atoms with E-state index in [1.807, 2.05) is 0 Å². The van der Waals surface area contributed by atoms with Gasteiger partial charge in [-0.05, 0) is 52.2 Å². The number of nitro groups is 1. The second-order valence-corrected chi connectivity index (χ2v) is 11.1. The van der Waals surface area contributed by atoms with Gasteiger partial charge in [-0.15, -0.1) is 0 Å². The lowest BCUT2D eigenvalue weighted by atomic mass is 9.78. The number of carbonyl (C=O) groups is 1. The molecule has 2 N–H and O–H groups in total. The number of amides is 1. The first-order valence-corrected chi connectivity index (χ1v) is 11.9. The molecule has 0 unspecified atom stereocenters. The number of phenolic OH excluding ortho intramolecular Hbond substituents is 1. The summed E-state index contributed by atoms with van der Waals surface area (Å²) in [7, 11) is 0. The highest BCUT2D eigenvalue weighted by Crippen LogP contribution is 2.40. The Morgan fingerprint density at radius 3 is 2.16 bits per heavy atom. The minimum atomic E-state index is -0.502. The molecule has 0 aliphatic carbocycles. The van der Waals surface area contributed by atoms with Gasteiger partial charge in [0.1, 0.15) is 11.4 Å². The molecule has 0 aliphatic heterocycles. The van der Waals surface area contributed by atoms with Crippen molar-refractivity contribution in [3.63, 3.8) is 0 Å². The number of nitrogens with one attached hydrogen (secondary N) is 1. The van der Waals surface area contributed by atoms with Crippen LogP contribution in [-0.2, 0) is 22.0 Å². The van der Waals surface area contributed by atoms with Crippen LogP contribution in [-0.4, -0.2) is 27.4 Å². The quantitative estimate of drug-likeness (QED) is 0.279. The van der Waals surface area contributed by atoms with Crippen LogP contribution in [0.1, 0.15) is 64.7 Å². The molecule has 7 heteroatoms. The van der Waals surface area contributed by atoms with Gasteiger partial charge < -0.3 is 10.4 Å². The average molecular weight is 459 g/mol. The molecule has 0 aromatic heterocycles. The number of thioether (sulfide) groups is 1. The third kappa shape index (κ3) is 6.99. The molecule has 0 radical (unpaired) electrons. The summed E-state index contributed by atoms with van der Waals surface area (Å²) < 4.78 is 0. The molecule has 1 amide bonds. The van der Waals surface area contributed by atoms with Crippen LogP contribution in [0.3, 0.4) is 0 Å². The second-order valence-electron chi connectivity index (χ2n) is 10.0. The Bertz CT molecular complexity index is 940. The summed E-state index contributed by atoms with van der Waals surface area (Å²) in [5, 5.41) is 24.5. The first-order valence-electron chi connectivity index (χ1n) is 10.8. The van der Waals surface area contributed by atoms with Gasteiger partial charge in [0.15, 0.2) is 0 Å². The van der Waals surface area contributed by atoms with E-state index in [0.29, 0.717) is 5.75 Å². The smallest absolute Gasteiger partial charge is 0.292 e. The standard InChI is InChI=1S/C25H34N2O4S/c1-24(2,3)18-14-17(15-19(23(18)29)25(4,5)6)10-9-13-32-16-22(28)26-20-11-7-8-12-21(20)27(30)31/h7-8,11-12,14-15,29H,9-10,13,16H2,1-6H3,(H,26,28). The summed E-state index contributed by atoms with van der Waals surface area (Å²) in [6, 6.07) is 10.3. The highest BCUT2D eigenvalue weighted by Gasteiger charge is 2.26. The number of benzene rings is 2. The van der Waals surface area contributed by atoms with Crippen molar-refractivity contribution in [1.82, 2.24) is 0 Å². The van der Waals surface area contributed by atoms with Crippen molar-refractivity contribution >= 4 is 29.0 Å². The largest absolute Gasteiger partial charge is 0.507 e.